The number of hydrogen-bond donors (Lipinski definition) is 0. The highest BCUT2D eigenvalue weighted by molar-refractivity contribution is 7.85. The van der Waals surface area contributed by atoms with Gasteiger partial charge >= 0.3 is 0 Å². The van der Waals surface area contributed by atoms with E-state index in [1.165, 1.54) is 91.3 Å². The standard InChI is InChI=1S/C72H64BOPSi2/c1-53-49-55(3)71(56(4)50-53)73(72-57(5)51-54(2)52-58(72)6)59-37-41-67(42-38-59)76(63-29-17-9-18-30-63,64-31-19-10-20-32-64)69-45-47-70(48-46-69)77(65-33-21-11-22-34-65,66-35-23-12-24-36-66)68-43-39-62(40-44-68)75(74,60-25-13-7-14-26-60)61-27-15-8-16-28-61/h7-52H,1-6H3. The van der Waals surface area contributed by atoms with Crippen LogP contribution in [-0.4, -0.2) is 22.9 Å². The average molecular weight is 1040 g/mol. The first kappa shape index (κ1) is 51.3. The zero-order chi connectivity index (χ0) is 53.2. The first-order valence-corrected chi connectivity index (χ1v) is 32.7. The highest BCUT2D eigenvalue weighted by atomic mass is 31.2. The molecular formula is C72H64BOPSi2. The Labute approximate surface area is 459 Å². The first-order chi connectivity index (χ1) is 37.5. The van der Waals surface area contributed by atoms with Crippen LogP contribution in [0.5, 0.6) is 0 Å². The molecule has 11 aromatic carbocycles. The van der Waals surface area contributed by atoms with Crippen molar-refractivity contribution in [2.24, 2.45) is 0 Å². The Kier molecular flexibility index (Phi) is 14.4. The summed E-state index contributed by atoms with van der Waals surface area (Å²) < 4.78 is 15.7. The zero-order valence-electron chi connectivity index (χ0n) is 45.0. The van der Waals surface area contributed by atoms with Crippen molar-refractivity contribution in [1.82, 2.24) is 0 Å². The smallest absolute Gasteiger partial charge is 0.242 e. The van der Waals surface area contributed by atoms with E-state index in [4.69, 9.17) is 0 Å². The van der Waals surface area contributed by atoms with E-state index in [1.54, 1.807) is 0 Å². The summed E-state index contributed by atoms with van der Waals surface area (Å²) in [7, 11) is -9.26. The van der Waals surface area contributed by atoms with Crippen LogP contribution in [0.3, 0.4) is 0 Å². The molecule has 11 aromatic rings. The van der Waals surface area contributed by atoms with Gasteiger partial charge in [-0.25, -0.2) is 0 Å². The van der Waals surface area contributed by atoms with Crippen LogP contribution in [0.25, 0.3) is 0 Å². The highest BCUT2D eigenvalue weighted by Gasteiger charge is 2.45. The molecule has 0 aliphatic carbocycles. The molecule has 0 amide bonds. The van der Waals surface area contributed by atoms with Gasteiger partial charge in [-0.15, -0.1) is 0 Å². The molecule has 77 heavy (non-hydrogen) atoms. The maximum Gasteiger partial charge on any atom is 0.242 e. The van der Waals surface area contributed by atoms with Crippen molar-refractivity contribution in [2.45, 2.75) is 41.5 Å². The summed E-state index contributed by atoms with van der Waals surface area (Å²) in [6.45, 7) is 13.7. The van der Waals surface area contributed by atoms with E-state index in [0.29, 0.717) is 0 Å². The second kappa shape index (κ2) is 21.6. The molecule has 0 saturated carbocycles. The van der Waals surface area contributed by atoms with Crippen LogP contribution in [0, 0.1) is 41.5 Å². The lowest BCUT2D eigenvalue weighted by atomic mass is 9.34. The molecule has 1 nitrogen and oxygen atoms in total. The van der Waals surface area contributed by atoms with Gasteiger partial charge in [-0.2, -0.15) is 0 Å². The molecule has 0 unspecified atom stereocenters. The van der Waals surface area contributed by atoms with Gasteiger partial charge in [-0.3, -0.25) is 0 Å². The topological polar surface area (TPSA) is 17.1 Å². The van der Waals surface area contributed by atoms with Gasteiger partial charge in [-0.1, -0.05) is 329 Å². The van der Waals surface area contributed by atoms with Crippen molar-refractivity contribution in [3.05, 3.63) is 312 Å². The lowest BCUT2D eigenvalue weighted by Gasteiger charge is -2.37. The summed E-state index contributed by atoms with van der Waals surface area (Å²) in [5, 5.41) is 12.9. The van der Waals surface area contributed by atoms with Gasteiger partial charge in [0.2, 0.25) is 6.71 Å². The molecule has 0 radical (unpaired) electrons. The van der Waals surface area contributed by atoms with Crippen molar-refractivity contribution >= 4 is 104 Å². The monoisotopic (exact) mass is 1040 g/mol. The molecule has 0 N–H and O–H groups in total. The Bertz CT molecular complexity index is 3630. The maximum atomic E-state index is 15.7. The molecule has 374 valence electrons. The lowest BCUT2D eigenvalue weighted by molar-refractivity contribution is 0.592. The quantitative estimate of drug-likeness (QED) is 0.0608. The third kappa shape index (κ3) is 9.19. The third-order valence-electron chi connectivity index (χ3n) is 16.2. The molecule has 0 aromatic heterocycles. The van der Waals surface area contributed by atoms with Gasteiger partial charge in [0.1, 0.15) is 0 Å². The Hall–Kier alpha value is -7.85. The molecule has 5 heteroatoms. The van der Waals surface area contributed by atoms with Gasteiger partial charge in [0.25, 0.3) is 0 Å². The molecule has 0 spiro atoms. The van der Waals surface area contributed by atoms with Gasteiger partial charge in [0.15, 0.2) is 23.3 Å². The molecule has 0 aliphatic rings. The van der Waals surface area contributed by atoms with E-state index in [0.717, 1.165) is 15.9 Å². The van der Waals surface area contributed by atoms with Crippen LogP contribution in [0.4, 0.5) is 0 Å². The van der Waals surface area contributed by atoms with E-state index in [1.807, 2.05) is 60.7 Å². The second-order valence-corrected chi connectivity index (χ2v) is 31.4. The van der Waals surface area contributed by atoms with Gasteiger partial charge in [-0.05, 0) is 83.0 Å². The van der Waals surface area contributed by atoms with Crippen LogP contribution in [-0.2, 0) is 4.57 Å². The molecule has 0 fully saturated rings. The maximum absolute atomic E-state index is 15.7. The fourth-order valence-corrected chi connectivity index (χ4v) is 25.1. The number of aryl methyl sites for hydroxylation is 6. The summed E-state index contributed by atoms with van der Waals surface area (Å²) >= 11 is 0. The largest absolute Gasteiger partial charge is 0.309 e. The van der Waals surface area contributed by atoms with Gasteiger partial charge in [0, 0.05) is 15.9 Å². The molecule has 0 heterocycles. The number of hydrogen-bond acceptors (Lipinski definition) is 1. The van der Waals surface area contributed by atoms with E-state index in [-0.39, 0.29) is 6.71 Å². The molecule has 0 saturated heterocycles. The fraction of sp³-hybridized carbons (Fsp3) is 0.0833. The Balaban J connectivity index is 1.12. The van der Waals surface area contributed by atoms with Crippen LogP contribution >= 0.6 is 7.14 Å². The molecule has 11 rings (SSSR count). The number of rotatable bonds is 14. The molecular weight excluding hydrogens is 979 g/mol. The Morgan fingerprint density at radius 1 is 0.273 bits per heavy atom. The van der Waals surface area contributed by atoms with Crippen molar-refractivity contribution in [3.8, 4) is 0 Å². The third-order valence-corrected chi connectivity index (χ3v) is 28.9. The summed E-state index contributed by atoms with van der Waals surface area (Å²) in [4.78, 5) is 0. The van der Waals surface area contributed by atoms with Crippen LogP contribution < -0.4 is 73.8 Å². The minimum atomic E-state index is -3.21. The van der Waals surface area contributed by atoms with Crippen LogP contribution in [0.1, 0.15) is 33.4 Å². The first-order valence-electron chi connectivity index (χ1n) is 27.0. The lowest BCUT2D eigenvalue weighted by Crippen LogP contribution is -2.76. The predicted octanol–water partition coefficient (Wildman–Crippen LogP) is 8.45. The van der Waals surface area contributed by atoms with Crippen molar-refractivity contribution in [2.75, 3.05) is 0 Å². The van der Waals surface area contributed by atoms with Crippen molar-refractivity contribution in [1.29, 1.82) is 0 Å². The van der Waals surface area contributed by atoms with Crippen LogP contribution in [0.15, 0.2) is 279 Å². The van der Waals surface area contributed by atoms with E-state index in [9.17, 15) is 0 Å². The predicted molar refractivity (Wildman–Crippen MR) is 339 cm³/mol. The van der Waals surface area contributed by atoms with Crippen molar-refractivity contribution < 1.29 is 4.57 Å². The highest BCUT2D eigenvalue weighted by Crippen LogP contribution is 2.42. The van der Waals surface area contributed by atoms with E-state index in [2.05, 4.69) is 260 Å². The molecule has 0 aliphatic heterocycles. The summed E-state index contributed by atoms with van der Waals surface area (Å²) in [6, 6.07) is 103. The van der Waals surface area contributed by atoms with E-state index < -0.39 is 23.3 Å². The van der Waals surface area contributed by atoms with Crippen LogP contribution in [0.2, 0.25) is 0 Å². The van der Waals surface area contributed by atoms with Crippen molar-refractivity contribution in [3.63, 3.8) is 0 Å². The minimum Gasteiger partial charge on any atom is -0.309 e. The summed E-state index contributed by atoms with van der Waals surface area (Å²) in [6.07, 6.45) is 0. The summed E-state index contributed by atoms with van der Waals surface area (Å²) in [5.41, 5.74) is 12.0. The number of benzene rings is 11. The average Bonchev–Trinajstić information content (AvgIpc) is 3.48. The fourth-order valence-electron chi connectivity index (χ4n) is 13.1. The summed E-state index contributed by atoms with van der Waals surface area (Å²) in [5.74, 6) is 0. The van der Waals surface area contributed by atoms with E-state index >= 15 is 4.57 Å². The van der Waals surface area contributed by atoms with Gasteiger partial charge in [0.05, 0.1) is 0 Å². The second-order valence-electron chi connectivity index (χ2n) is 21.0. The SMILES string of the molecule is Cc1cc(C)c(B(c2ccc([Si](c3ccccc3)(c3ccccc3)c3ccc([Si](c4ccccc4)(c4ccccc4)c4ccc(P(=O)(c5ccccc5)c5ccccc5)cc4)cc3)cc2)c2c(C)cc(C)cc2C)c(C)c1. The minimum absolute atomic E-state index is 0.0702. The Morgan fingerprint density at radius 3 is 0.779 bits per heavy atom. The van der Waals surface area contributed by atoms with Gasteiger partial charge < -0.3 is 4.57 Å². The molecule has 0 bridgehead atoms. The molecule has 0 atom stereocenters. The Morgan fingerprint density at radius 2 is 0.494 bits per heavy atom. The normalized spacial score (nSPS) is 11.8. The zero-order valence-corrected chi connectivity index (χ0v) is 47.9.